The number of aryl methyl sites for hydroxylation is 1. The zero-order valence-electron chi connectivity index (χ0n) is 26.0. The van der Waals surface area contributed by atoms with Crippen LogP contribution in [0, 0.1) is 11.6 Å². The van der Waals surface area contributed by atoms with Gasteiger partial charge in [0.25, 0.3) is 0 Å². The molecule has 9 heteroatoms. The quantitative estimate of drug-likeness (QED) is 0.0949. The zero-order chi connectivity index (χ0) is 32.0. The summed E-state index contributed by atoms with van der Waals surface area (Å²) in [7, 11) is 0. The van der Waals surface area contributed by atoms with Crippen molar-refractivity contribution < 1.29 is 18.3 Å². The molecule has 0 atom stereocenters. The predicted molar refractivity (Wildman–Crippen MR) is 177 cm³/mol. The van der Waals surface area contributed by atoms with E-state index in [9.17, 15) is 13.6 Å². The van der Waals surface area contributed by atoms with Crippen molar-refractivity contribution in [1.29, 1.82) is 0 Å². The van der Waals surface area contributed by atoms with Gasteiger partial charge in [-0.1, -0.05) is 12.1 Å². The molecule has 0 radical (unpaired) electrons. The number of benzene rings is 3. The summed E-state index contributed by atoms with van der Waals surface area (Å²) in [5.74, 6) is 0.391. The van der Waals surface area contributed by atoms with Crippen molar-refractivity contribution in [2.24, 2.45) is 0 Å². The fourth-order valence-electron chi connectivity index (χ4n) is 5.44. The molecule has 0 saturated heterocycles. The lowest BCUT2D eigenvalue weighted by atomic mass is 10.0. The van der Waals surface area contributed by atoms with Gasteiger partial charge >= 0.3 is 0 Å². The number of Topliss-reactive ketones (excluding diaryl/α,β-unsaturated/α-hetero) is 1. The van der Waals surface area contributed by atoms with Crippen LogP contribution >= 0.6 is 0 Å². The fraction of sp³-hybridized carbons (Fsp3) is 0.297. The highest BCUT2D eigenvalue weighted by atomic mass is 19.2. The molecule has 6 rings (SSSR count). The van der Waals surface area contributed by atoms with E-state index in [-0.39, 0.29) is 11.9 Å². The number of carbonyl (C=O) groups excluding carboxylic acids is 1. The molecule has 2 N–H and O–H groups in total. The van der Waals surface area contributed by atoms with Crippen LogP contribution in [-0.2, 0) is 13.0 Å². The number of carbonyl (C=O) groups is 1. The number of pyridine rings is 1. The molecule has 46 heavy (non-hydrogen) atoms. The van der Waals surface area contributed by atoms with Gasteiger partial charge in [0.2, 0.25) is 0 Å². The lowest BCUT2D eigenvalue weighted by Crippen LogP contribution is -2.10. The summed E-state index contributed by atoms with van der Waals surface area (Å²) in [5, 5.41) is 7.87. The van der Waals surface area contributed by atoms with Gasteiger partial charge < -0.3 is 15.4 Å². The second-order valence-corrected chi connectivity index (χ2v) is 12.0. The van der Waals surface area contributed by atoms with Gasteiger partial charge in [0.15, 0.2) is 17.4 Å². The number of ketones is 1. The number of rotatable bonds is 14. The van der Waals surface area contributed by atoms with Crippen molar-refractivity contribution in [2.75, 3.05) is 10.6 Å². The maximum Gasteiger partial charge on any atom is 0.166 e. The highest BCUT2D eigenvalue weighted by Crippen LogP contribution is 2.33. The monoisotopic (exact) mass is 621 g/mol. The SMILES string of the molecule is CC(C)Oc1cc(CNc2ncccc2C(=O)CCCCc2ccc(F)c(F)c2)cc(-c2ccc3ncnc(NC4CC4)c3c2)c1. The Morgan fingerprint density at radius 2 is 1.76 bits per heavy atom. The lowest BCUT2D eigenvalue weighted by Gasteiger charge is -2.16. The number of nitrogens with zero attached hydrogens (tertiary/aromatic N) is 3. The minimum absolute atomic E-state index is 0.00231. The van der Waals surface area contributed by atoms with Gasteiger partial charge in [-0.15, -0.1) is 0 Å². The molecule has 0 amide bonds. The Balaban J connectivity index is 1.17. The van der Waals surface area contributed by atoms with Crippen molar-refractivity contribution in [2.45, 2.75) is 71.1 Å². The first-order valence-electron chi connectivity index (χ1n) is 15.8. The average Bonchev–Trinajstić information content (AvgIpc) is 3.87. The highest BCUT2D eigenvalue weighted by Gasteiger charge is 2.22. The molecule has 0 aliphatic heterocycles. The van der Waals surface area contributed by atoms with E-state index in [2.05, 4.69) is 43.8 Å². The number of ether oxygens (including phenoxy) is 1. The Hall–Kier alpha value is -4.92. The predicted octanol–water partition coefficient (Wildman–Crippen LogP) is 8.54. The maximum absolute atomic E-state index is 13.5. The van der Waals surface area contributed by atoms with E-state index < -0.39 is 11.6 Å². The summed E-state index contributed by atoms with van der Waals surface area (Å²) in [6.45, 7) is 4.43. The Morgan fingerprint density at radius 3 is 2.57 bits per heavy atom. The third-order valence-electron chi connectivity index (χ3n) is 7.90. The molecule has 1 aliphatic rings. The average molecular weight is 622 g/mol. The number of unbranched alkanes of at least 4 members (excludes halogenated alkanes) is 1. The summed E-state index contributed by atoms with van der Waals surface area (Å²) in [5.41, 5.74) is 5.12. The van der Waals surface area contributed by atoms with E-state index >= 15 is 0 Å². The topological polar surface area (TPSA) is 89.0 Å². The normalized spacial score (nSPS) is 12.8. The van der Waals surface area contributed by atoms with Crippen molar-refractivity contribution in [3.63, 3.8) is 0 Å². The first-order chi connectivity index (χ1) is 22.3. The number of fused-ring (bicyclic) bond motifs is 1. The molecule has 2 aromatic heterocycles. The Labute approximate surface area is 267 Å². The van der Waals surface area contributed by atoms with Crippen LogP contribution in [0.5, 0.6) is 5.75 Å². The van der Waals surface area contributed by atoms with Crippen LogP contribution < -0.4 is 15.4 Å². The maximum atomic E-state index is 13.5. The van der Waals surface area contributed by atoms with Crippen molar-refractivity contribution >= 4 is 28.3 Å². The number of aromatic nitrogens is 3. The van der Waals surface area contributed by atoms with Gasteiger partial charge in [-0.05, 0) is 123 Å². The second-order valence-electron chi connectivity index (χ2n) is 12.0. The number of hydrogen-bond donors (Lipinski definition) is 2. The third kappa shape index (κ3) is 7.83. The van der Waals surface area contributed by atoms with Crippen LogP contribution in [0.2, 0.25) is 0 Å². The van der Waals surface area contributed by atoms with Crippen LogP contribution in [0.3, 0.4) is 0 Å². The summed E-state index contributed by atoms with van der Waals surface area (Å²) in [6, 6.07) is 20.3. The summed E-state index contributed by atoms with van der Waals surface area (Å²) in [4.78, 5) is 26.6. The number of halogens is 2. The highest BCUT2D eigenvalue weighted by molar-refractivity contribution is 6.00. The summed E-state index contributed by atoms with van der Waals surface area (Å²) < 4.78 is 32.9. The van der Waals surface area contributed by atoms with Gasteiger partial charge in [0.1, 0.15) is 23.7 Å². The number of hydrogen-bond acceptors (Lipinski definition) is 7. The van der Waals surface area contributed by atoms with Crippen molar-refractivity contribution in [3.05, 3.63) is 108 Å². The van der Waals surface area contributed by atoms with Crippen LogP contribution in [0.1, 0.15) is 67.4 Å². The second kappa shape index (κ2) is 14.0. The molecule has 1 fully saturated rings. The molecule has 0 unspecified atom stereocenters. The van der Waals surface area contributed by atoms with E-state index in [0.717, 1.165) is 58.1 Å². The molecule has 3 aromatic carbocycles. The third-order valence-corrected chi connectivity index (χ3v) is 7.90. The number of anilines is 2. The van der Waals surface area contributed by atoms with E-state index in [4.69, 9.17) is 4.74 Å². The number of nitrogens with one attached hydrogen (secondary N) is 2. The molecule has 1 aliphatic carbocycles. The van der Waals surface area contributed by atoms with Gasteiger partial charge in [0.05, 0.1) is 17.2 Å². The zero-order valence-corrected chi connectivity index (χ0v) is 26.0. The van der Waals surface area contributed by atoms with Gasteiger partial charge in [0, 0.05) is 30.6 Å². The minimum atomic E-state index is -0.856. The lowest BCUT2D eigenvalue weighted by molar-refractivity contribution is 0.0979. The smallest absolute Gasteiger partial charge is 0.166 e. The first-order valence-corrected chi connectivity index (χ1v) is 15.8. The Morgan fingerprint density at radius 1 is 0.891 bits per heavy atom. The molecule has 236 valence electrons. The summed E-state index contributed by atoms with van der Waals surface area (Å²) >= 11 is 0. The molecule has 7 nitrogen and oxygen atoms in total. The molecule has 5 aromatic rings. The van der Waals surface area contributed by atoms with E-state index in [1.807, 2.05) is 32.0 Å². The minimum Gasteiger partial charge on any atom is -0.491 e. The molecule has 0 spiro atoms. The van der Waals surface area contributed by atoms with E-state index in [1.54, 1.807) is 30.7 Å². The van der Waals surface area contributed by atoms with Crippen LogP contribution in [-0.4, -0.2) is 32.9 Å². The van der Waals surface area contributed by atoms with Gasteiger partial charge in [-0.25, -0.2) is 23.7 Å². The van der Waals surface area contributed by atoms with Crippen molar-refractivity contribution in [3.8, 4) is 16.9 Å². The Bertz CT molecular complexity index is 1860. The molecular formula is C37H37F2N5O2. The van der Waals surface area contributed by atoms with Crippen LogP contribution in [0.4, 0.5) is 20.4 Å². The largest absolute Gasteiger partial charge is 0.491 e. The molecular weight excluding hydrogens is 584 g/mol. The first kappa shape index (κ1) is 31.1. The molecule has 1 saturated carbocycles. The standard InChI is InChI=1S/C37H37F2N5O2/c1-23(2)46-29-17-25(16-27(19-29)26-10-14-34-31(20-26)37(43-22-42-34)44-28-11-12-28)21-41-36-30(7-5-15-40-36)35(45)8-4-3-6-24-9-13-32(38)33(39)18-24/h5,7,9-10,13-20,22-23,28H,3-4,6,8,11-12,21H2,1-2H3,(H,40,41)(H,42,43,44). The fourth-order valence-corrected chi connectivity index (χ4v) is 5.44. The van der Waals surface area contributed by atoms with Crippen LogP contribution in [0.15, 0.2) is 79.3 Å². The van der Waals surface area contributed by atoms with Crippen LogP contribution in [0.25, 0.3) is 22.0 Å². The summed E-state index contributed by atoms with van der Waals surface area (Å²) in [6.07, 6.45) is 7.77. The van der Waals surface area contributed by atoms with Crippen molar-refractivity contribution in [1.82, 2.24) is 15.0 Å². The van der Waals surface area contributed by atoms with E-state index in [0.29, 0.717) is 55.2 Å². The molecule has 0 bridgehead atoms. The molecule has 2 heterocycles. The van der Waals surface area contributed by atoms with Gasteiger partial charge in [-0.2, -0.15) is 0 Å². The van der Waals surface area contributed by atoms with Gasteiger partial charge in [-0.3, -0.25) is 4.79 Å². The van der Waals surface area contributed by atoms with E-state index in [1.165, 1.54) is 6.07 Å². The Kier molecular flexibility index (Phi) is 9.47.